The number of nitrogens with zero attached hydrogens (tertiary/aromatic N) is 3. The molecule has 2 rings (SSSR count). The number of aromatic nitrogens is 3. The molecule has 0 spiro atoms. The van der Waals surface area contributed by atoms with Gasteiger partial charge in [0, 0.05) is 19.3 Å². The molecule has 0 fully saturated rings. The number of carbonyl (C=O) groups excluding carboxylic acids is 2. The molecule has 2 N–H and O–H groups in total. The van der Waals surface area contributed by atoms with Crippen molar-refractivity contribution < 1.29 is 14.3 Å². The van der Waals surface area contributed by atoms with Crippen molar-refractivity contribution >= 4 is 29.2 Å². The summed E-state index contributed by atoms with van der Waals surface area (Å²) in [5.74, 6) is -1.91. The smallest absolute Gasteiger partial charge is 0.342 e. The van der Waals surface area contributed by atoms with Crippen molar-refractivity contribution in [3.8, 4) is 0 Å². The molecule has 28 heavy (non-hydrogen) atoms. The van der Waals surface area contributed by atoms with Gasteiger partial charge in [-0.25, -0.2) is 14.6 Å². The molecule has 9 nitrogen and oxygen atoms in total. The third kappa shape index (κ3) is 3.99. The largest absolute Gasteiger partial charge is 0.454 e. The number of nitrogen functional groups attached to an aromatic ring is 1. The molecule has 0 radical (unpaired) electrons. The Labute approximate surface area is 165 Å². The predicted octanol–water partition coefficient (Wildman–Crippen LogP) is 1.24. The number of anilines is 1. The summed E-state index contributed by atoms with van der Waals surface area (Å²) >= 11 is 6.00. The number of aryl methyl sites for hydroxylation is 2. The molecule has 0 aliphatic carbocycles. The molecule has 10 heteroatoms. The molecule has 0 saturated heterocycles. The first kappa shape index (κ1) is 21.4. The van der Waals surface area contributed by atoms with Crippen molar-refractivity contribution in [2.45, 2.75) is 33.7 Å². The Morgan fingerprint density at radius 1 is 1.25 bits per heavy atom. The van der Waals surface area contributed by atoms with Crippen molar-refractivity contribution in [3.05, 3.63) is 54.4 Å². The van der Waals surface area contributed by atoms with Crippen LogP contribution >= 0.6 is 11.6 Å². The van der Waals surface area contributed by atoms with E-state index in [4.69, 9.17) is 22.1 Å². The average molecular weight is 409 g/mol. The van der Waals surface area contributed by atoms with E-state index in [1.54, 1.807) is 19.9 Å². The van der Waals surface area contributed by atoms with Crippen LogP contribution in [0.25, 0.3) is 0 Å². The van der Waals surface area contributed by atoms with Crippen LogP contribution in [0, 0.1) is 13.8 Å². The molecule has 0 aliphatic rings. The Balaban J connectivity index is 2.33. The summed E-state index contributed by atoms with van der Waals surface area (Å²) in [6.07, 6.45) is 0.573. The van der Waals surface area contributed by atoms with Crippen LogP contribution in [0.4, 0.5) is 5.82 Å². The lowest BCUT2D eigenvalue weighted by molar-refractivity contribution is 0.0473. The summed E-state index contributed by atoms with van der Waals surface area (Å²) < 4.78 is 6.96. The Morgan fingerprint density at radius 2 is 1.89 bits per heavy atom. The minimum atomic E-state index is -0.847. The van der Waals surface area contributed by atoms with Crippen LogP contribution in [0.1, 0.15) is 45.3 Å². The monoisotopic (exact) mass is 408 g/mol. The fourth-order valence-electron chi connectivity index (χ4n) is 2.80. The average Bonchev–Trinajstić information content (AvgIpc) is 2.61. The lowest BCUT2D eigenvalue weighted by Crippen LogP contribution is -2.43. The van der Waals surface area contributed by atoms with Crippen molar-refractivity contribution in [1.82, 2.24) is 14.1 Å². The highest BCUT2D eigenvalue weighted by molar-refractivity contribution is 6.32. The zero-order valence-electron chi connectivity index (χ0n) is 16.0. The molecule has 0 amide bonds. The highest BCUT2D eigenvalue weighted by atomic mass is 35.5. The summed E-state index contributed by atoms with van der Waals surface area (Å²) in [5.41, 5.74) is 5.23. The zero-order valence-corrected chi connectivity index (χ0v) is 16.8. The first-order chi connectivity index (χ1) is 13.1. The number of pyridine rings is 1. The molecule has 2 heterocycles. The molecule has 0 unspecified atom stereocenters. The van der Waals surface area contributed by atoms with E-state index in [-0.39, 0.29) is 23.1 Å². The second kappa shape index (κ2) is 8.39. The number of hydrogen-bond acceptors (Lipinski definition) is 7. The van der Waals surface area contributed by atoms with Crippen LogP contribution < -0.4 is 17.0 Å². The maximum Gasteiger partial charge on any atom is 0.342 e. The van der Waals surface area contributed by atoms with E-state index in [0.717, 1.165) is 9.13 Å². The summed E-state index contributed by atoms with van der Waals surface area (Å²) in [4.78, 5) is 53.3. The van der Waals surface area contributed by atoms with E-state index < -0.39 is 35.2 Å². The number of carbonyl (C=O) groups is 2. The van der Waals surface area contributed by atoms with Gasteiger partial charge in [0.25, 0.3) is 5.56 Å². The van der Waals surface area contributed by atoms with Crippen LogP contribution in [0.3, 0.4) is 0 Å². The Hall–Kier alpha value is -2.94. The number of ketones is 1. The fraction of sp³-hybridized carbons (Fsp3) is 0.389. The van der Waals surface area contributed by atoms with Crippen LogP contribution in [0.15, 0.2) is 15.7 Å². The van der Waals surface area contributed by atoms with Gasteiger partial charge in [0.1, 0.15) is 16.5 Å². The first-order valence-corrected chi connectivity index (χ1v) is 8.91. The van der Waals surface area contributed by atoms with Gasteiger partial charge in [-0.05, 0) is 31.9 Å². The van der Waals surface area contributed by atoms with Crippen LogP contribution in [0.5, 0.6) is 0 Å². The van der Waals surface area contributed by atoms with Gasteiger partial charge in [-0.3, -0.25) is 18.7 Å². The second-order valence-electron chi connectivity index (χ2n) is 6.30. The Bertz CT molecular complexity index is 1050. The molecular formula is C18H21ClN4O5. The molecule has 0 aliphatic heterocycles. The second-order valence-corrected chi connectivity index (χ2v) is 6.66. The van der Waals surface area contributed by atoms with Crippen molar-refractivity contribution in [2.75, 3.05) is 12.3 Å². The third-order valence-corrected chi connectivity index (χ3v) is 4.42. The molecular weight excluding hydrogens is 388 g/mol. The predicted molar refractivity (Wildman–Crippen MR) is 104 cm³/mol. The number of ether oxygens (including phenoxy) is 1. The maximum atomic E-state index is 12.5. The summed E-state index contributed by atoms with van der Waals surface area (Å²) in [5, 5.41) is -0.0399. The molecule has 2 aromatic rings. The van der Waals surface area contributed by atoms with Gasteiger partial charge in [0.15, 0.2) is 6.61 Å². The van der Waals surface area contributed by atoms with Crippen LogP contribution in [-0.4, -0.2) is 32.5 Å². The number of esters is 1. The highest BCUT2D eigenvalue weighted by Gasteiger charge is 2.24. The third-order valence-electron chi connectivity index (χ3n) is 4.15. The molecule has 150 valence electrons. The lowest BCUT2D eigenvalue weighted by Gasteiger charge is -2.14. The van der Waals surface area contributed by atoms with Gasteiger partial charge >= 0.3 is 11.7 Å². The topological polar surface area (TPSA) is 126 Å². The minimum Gasteiger partial charge on any atom is -0.454 e. The van der Waals surface area contributed by atoms with Crippen molar-refractivity contribution in [2.24, 2.45) is 7.05 Å². The maximum absolute atomic E-state index is 12.5. The molecule has 0 atom stereocenters. The van der Waals surface area contributed by atoms with E-state index in [2.05, 4.69) is 4.98 Å². The highest BCUT2D eigenvalue weighted by Crippen LogP contribution is 2.20. The van der Waals surface area contributed by atoms with Gasteiger partial charge in [-0.15, -0.1) is 0 Å². The number of halogens is 1. The van der Waals surface area contributed by atoms with Crippen molar-refractivity contribution in [1.29, 1.82) is 0 Å². The number of rotatable bonds is 6. The number of hydrogen-bond donors (Lipinski definition) is 1. The Kier molecular flexibility index (Phi) is 6.40. The van der Waals surface area contributed by atoms with Crippen LogP contribution in [-0.2, 0) is 18.3 Å². The zero-order chi connectivity index (χ0) is 21.2. The SMILES string of the molecule is CCCn1c(N)c(C(=O)COC(=O)c2c(C)cc(C)nc2Cl)c(=O)n(C)c1=O. The van der Waals surface area contributed by atoms with Gasteiger partial charge in [-0.1, -0.05) is 18.5 Å². The summed E-state index contributed by atoms with van der Waals surface area (Å²) in [7, 11) is 1.25. The molecule has 0 saturated carbocycles. The molecule has 0 aromatic carbocycles. The Morgan fingerprint density at radius 3 is 2.46 bits per heavy atom. The molecule has 2 aromatic heterocycles. The van der Waals surface area contributed by atoms with E-state index in [0.29, 0.717) is 17.7 Å². The fourth-order valence-corrected chi connectivity index (χ4v) is 3.16. The van der Waals surface area contributed by atoms with Gasteiger partial charge < -0.3 is 10.5 Å². The number of Topliss-reactive ketones (excluding diaryl/α,β-unsaturated/α-hetero) is 1. The lowest BCUT2D eigenvalue weighted by atomic mass is 10.1. The molecule has 0 bridgehead atoms. The standard InChI is InChI=1S/C18H21ClN4O5/c1-5-6-23-15(20)13(16(25)22(4)18(23)27)11(24)8-28-17(26)12-9(2)7-10(3)21-14(12)19/h7H,5-6,8,20H2,1-4H3. The van der Waals surface area contributed by atoms with E-state index in [1.807, 2.05) is 6.92 Å². The summed E-state index contributed by atoms with van der Waals surface area (Å²) in [6, 6.07) is 1.65. The van der Waals surface area contributed by atoms with Crippen LogP contribution in [0.2, 0.25) is 5.15 Å². The summed E-state index contributed by atoms with van der Waals surface area (Å²) in [6.45, 7) is 4.71. The normalized spacial score (nSPS) is 10.8. The quantitative estimate of drug-likeness (QED) is 0.433. The van der Waals surface area contributed by atoms with E-state index >= 15 is 0 Å². The number of nitrogens with two attached hydrogens (primary N) is 1. The van der Waals surface area contributed by atoms with E-state index in [1.165, 1.54) is 7.05 Å². The first-order valence-electron chi connectivity index (χ1n) is 8.53. The van der Waals surface area contributed by atoms with Crippen molar-refractivity contribution in [3.63, 3.8) is 0 Å². The van der Waals surface area contributed by atoms with E-state index in [9.17, 15) is 19.2 Å². The minimum absolute atomic E-state index is 0.0388. The van der Waals surface area contributed by atoms with Gasteiger partial charge in [0.2, 0.25) is 5.78 Å². The van der Waals surface area contributed by atoms with Gasteiger partial charge in [-0.2, -0.15) is 0 Å². The van der Waals surface area contributed by atoms with Gasteiger partial charge in [0.05, 0.1) is 5.56 Å².